The van der Waals surface area contributed by atoms with E-state index < -0.39 is 11.9 Å². The summed E-state index contributed by atoms with van der Waals surface area (Å²) in [5.74, 6) is -1.53. The van der Waals surface area contributed by atoms with Crippen LogP contribution in [0.25, 0.3) is 15.9 Å². The topological polar surface area (TPSA) is 75.4 Å². The molecule has 1 N–H and O–H groups in total. The zero-order chi connectivity index (χ0) is 19.1. The number of carbonyl (C=O) groups is 2. The lowest BCUT2D eigenvalue weighted by atomic mass is 10.1. The van der Waals surface area contributed by atoms with Gasteiger partial charge in [0.15, 0.2) is 0 Å². The average molecular weight is 383 g/mol. The second-order valence-electron chi connectivity index (χ2n) is 7.09. The molecule has 2 heterocycles. The number of amides is 1. The molecular formula is C20H21N3O3S. The molecule has 27 heavy (non-hydrogen) atoms. The number of carboxylic acid groups (broad SMARTS) is 1. The van der Waals surface area contributed by atoms with Crippen LogP contribution in [0.4, 0.5) is 0 Å². The van der Waals surface area contributed by atoms with Crippen molar-refractivity contribution in [1.82, 2.24) is 14.7 Å². The largest absolute Gasteiger partial charge is 0.481 e. The number of benzene rings is 1. The van der Waals surface area contributed by atoms with Crippen LogP contribution < -0.4 is 0 Å². The number of hydrogen-bond donors (Lipinski definition) is 1. The van der Waals surface area contributed by atoms with Gasteiger partial charge in [-0.2, -0.15) is 5.10 Å². The van der Waals surface area contributed by atoms with E-state index in [1.54, 1.807) is 11.8 Å². The predicted molar refractivity (Wildman–Crippen MR) is 105 cm³/mol. The van der Waals surface area contributed by atoms with Crippen LogP contribution in [0, 0.1) is 12.8 Å². The number of thiophene rings is 1. The maximum Gasteiger partial charge on any atom is 0.308 e. The molecule has 0 spiro atoms. The first-order chi connectivity index (χ1) is 13.0. The van der Waals surface area contributed by atoms with Crippen LogP contribution in [0.3, 0.4) is 0 Å². The molecule has 6 nitrogen and oxygen atoms in total. The summed E-state index contributed by atoms with van der Waals surface area (Å²) in [6, 6.07) is 11.9. The summed E-state index contributed by atoms with van der Waals surface area (Å²) in [6.45, 7) is 3.83. The molecule has 1 atom stereocenters. The number of carboxylic acids is 1. The van der Waals surface area contributed by atoms with E-state index in [9.17, 15) is 14.7 Å². The molecule has 0 radical (unpaired) electrons. The predicted octanol–water partition coefficient (Wildman–Crippen LogP) is 3.72. The number of aromatic nitrogens is 2. The fraction of sp³-hybridized carbons (Fsp3) is 0.350. The highest BCUT2D eigenvalue weighted by atomic mass is 32.1. The van der Waals surface area contributed by atoms with Crippen LogP contribution in [0.15, 0.2) is 36.4 Å². The second-order valence-corrected chi connectivity index (χ2v) is 8.12. The number of carbonyl (C=O) groups excluding carboxylic acids is 1. The maximum absolute atomic E-state index is 13.1. The van der Waals surface area contributed by atoms with Crippen molar-refractivity contribution in [3.63, 3.8) is 0 Å². The molecule has 0 bridgehead atoms. The molecular weight excluding hydrogens is 362 g/mol. The zero-order valence-electron chi connectivity index (χ0n) is 15.3. The number of aryl methyl sites for hydroxylation is 1. The van der Waals surface area contributed by atoms with Crippen molar-refractivity contribution in [2.45, 2.75) is 32.7 Å². The lowest BCUT2D eigenvalue weighted by Gasteiger charge is -2.23. The summed E-state index contributed by atoms with van der Waals surface area (Å²) in [6.07, 6.45) is 1.89. The first-order valence-electron chi connectivity index (χ1n) is 9.04. The van der Waals surface area contributed by atoms with Crippen molar-refractivity contribution in [1.29, 1.82) is 0 Å². The summed E-state index contributed by atoms with van der Waals surface area (Å²) >= 11 is 1.42. The number of aliphatic carboxylic acids is 1. The number of rotatable bonds is 6. The van der Waals surface area contributed by atoms with Crippen LogP contribution in [0.2, 0.25) is 0 Å². The Labute approximate surface area is 161 Å². The first kappa shape index (κ1) is 17.7. The third-order valence-corrected chi connectivity index (χ3v) is 6.00. The van der Waals surface area contributed by atoms with Crippen molar-refractivity contribution in [3.8, 4) is 5.69 Å². The zero-order valence-corrected chi connectivity index (χ0v) is 16.1. The Hall–Kier alpha value is -2.67. The van der Waals surface area contributed by atoms with E-state index in [2.05, 4.69) is 5.10 Å². The minimum atomic E-state index is -0.875. The van der Waals surface area contributed by atoms with E-state index in [0.717, 1.165) is 34.4 Å². The normalized spacial score (nSPS) is 15.0. The van der Waals surface area contributed by atoms with Gasteiger partial charge in [-0.3, -0.25) is 9.59 Å². The molecule has 1 amide bonds. The highest BCUT2D eigenvalue weighted by Crippen LogP contribution is 2.34. The fourth-order valence-corrected chi connectivity index (χ4v) is 4.33. The van der Waals surface area contributed by atoms with Gasteiger partial charge in [-0.15, -0.1) is 11.3 Å². The van der Waals surface area contributed by atoms with Crippen LogP contribution in [0.1, 0.15) is 35.1 Å². The SMILES string of the molecule is Cc1nn(-c2ccccc2)c2sc(C(=O)N(CC(C)C(=O)O)C3CC3)cc12. The van der Waals surface area contributed by atoms with Gasteiger partial charge in [-0.1, -0.05) is 25.1 Å². The molecule has 1 fully saturated rings. The lowest BCUT2D eigenvalue weighted by Crippen LogP contribution is -2.38. The Morgan fingerprint density at radius 1 is 1.33 bits per heavy atom. The molecule has 0 saturated heterocycles. The maximum atomic E-state index is 13.1. The smallest absolute Gasteiger partial charge is 0.308 e. The van der Waals surface area contributed by atoms with Crippen molar-refractivity contribution in [2.75, 3.05) is 6.54 Å². The van der Waals surface area contributed by atoms with Gasteiger partial charge in [0.05, 0.1) is 22.2 Å². The number of para-hydroxylation sites is 1. The molecule has 1 aliphatic carbocycles. The summed E-state index contributed by atoms with van der Waals surface area (Å²) in [5, 5.41) is 14.8. The quantitative estimate of drug-likeness (QED) is 0.704. The Kier molecular flexibility index (Phi) is 4.47. The monoisotopic (exact) mass is 383 g/mol. The van der Waals surface area contributed by atoms with Gasteiger partial charge in [0.1, 0.15) is 4.83 Å². The number of fused-ring (bicyclic) bond motifs is 1. The second kappa shape index (κ2) is 6.81. The van der Waals surface area contributed by atoms with E-state index in [0.29, 0.717) is 4.88 Å². The Morgan fingerprint density at radius 2 is 2.04 bits per heavy atom. The van der Waals surface area contributed by atoms with Gasteiger partial charge in [0, 0.05) is 18.0 Å². The van der Waals surface area contributed by atoms with E-state index >= 15 is 0 Å². The molecule has 0 aliphatic heterocycles. The molecule has 140 valence electrons. The summed E-state index contributed by atoms with van der Waals surface area (Å²) in [7, 11) is 0. The van der Waals surface area contributed by atoms with Gasteiger partial charge in [-0.25, -0.2) is 4.68 Å². The Balaban J connectivity index is 1.69. The fourth-order valence-electron chi connectivity index (χ4n) is 3.20. The number of hydrogen-bond acceptors (Lipinski definition) is 4. The first-order valence-corrected chi connectivity index (χ1v) is 9.85. The van der Waals surface area contributed by atoms with Gasteiger partial charge in [0.2, 0.25) is 0 Å². The van der Waals surface area contributed by atoms with E-state index in [1.165, 1.54) is 11.3 Å². The third kappa shape index (κ3) is 3.35. The van der Waals surface area contributed by atoms with Crippen molar-refractivity contribution in [3.05, 3.63) is 47.0 Å². The molecule has 1 unspecified atom stereocenters. The van der Waals surface area contributed by atoms with Gasteiger partial charge in [0.25, 0.3) is 5.91 Å². The number of nitrogens with zero attached hydrogens (tertiary/aromatic N) is 3. The van der Waals surface area contributed by atoms with Crippen molar-refractivity contribution in [2.24, 2.45) is 5.92 Å². The van der Waals surface area contributed by atoms with Gasteiger partial charge in [-0.05, 0) is 38.0 Å². The Morgan fingerprint density at radius 3 is 2.67 bits per heavy atom. The van der Waals surface area contributed by atoms with Crippen molar-refractivity contribution >= 4 is 33.4 Å². The highest BCUT2D eigenvalue weighted by molar-refractivity contribution is 7.20. The Bertz CT molecular complexity index is 1000. The van der Waals surface area contributed by atoms with Crippen LogP contribution >= 0.6 is 11.3 Å². The molecule has 2 aromatic heterocycles. The average Bonchev–Trinajstić information content (AvgIpc) is 3.33. The molecule has 1 aliphatic rings. The van der Waals surface area contributed by atoms with E-state index in [1.807, 2.05) is 48.0 Å². The highest BCUT2D eigenvalue weighted by Gasteiger charge is 2.35. The minimum absolute atomic E-state index is 0.0780. The summed E-state index contributed by atoms with van der Waals surface area (Å²) in [5.41, 5.74) is 1.83. The van der Waals surface area contributed by atoms with Crippen LogP contribution in [-0.2, 0) is 4.79 Å². The summed E-state index contributed by atoms with van der Waals surface area (Å²) in [4.78, 5) is 27.7. The third-order valence-electron chi connectivity index (χ3n) is 4.90. The standard InChI is InChI=1S/C20H21N3O3S/c1-12(20(25)26)11-22(14-8-9-14)18(24)17-10-16-13(2)21-23(19(16)27-17)15-6-4-3-5-7-15/h3-7,10,12,14H,8-9,11H2,1-2H3,(H,25,26). The molecule has 7 heteroatoms. The summed E-state index contributed by atoms with van der Waals surface area (Å²) < 4.78 is 1.87. The van der Waals surface area contributed by atoms with E-state index in [4.69, 9.17) is 0 Å². The van der Waals surface area contributed by atoms with E-state index in [-0.39, 0.29) is 18.5 Å². The molecule has 4 rings (SSSR count). The van der Waals surface area contributed by atoms with Crippen molar-refractivity contribution < 1.29 is 14.7 Å². The molecule has 1 aromatic carbocycles. The van der Waals surface area contributed by atoms with Crippen LogP contribution in [-0.4, -0.2) is 44.3 Å². The van der Waals surface area contributed by atoms with Gasteiger partial charge < -0.3 is 10.0 Å². The minimum Gasteiger partial charge on any atom is -0.481 e. The molecule has 1 saturated carbocycles. The van der Waals surface area contributed by atoms with Gasteiger partial charge >= 0.3 is 5.97 Å². The molecule has 3 aromatic rings. The van der Waals surface area contributed by atoms with Crippen LogP contribution in [0.5, 0.6) is 0 Å². The lowest BCUT2D eigenvalue weighted by molar-refractivity contribution is -0.141.